The van der Waals surface area contributed by atoms with Crippen molar-refractivity contribution in [2.24, 2.45) is 0 Å². The van der Waals surface area contributed by atoms with Gasteiger partial charge < -0.3 is 9.05 Å². The zero-order valence-corrected chi connectivity index (χ0v) is 12.8. The lowest BCUT2D eigenvalue weighted by Gasteiger charge is -2.25. The average Bonchev–Trinajstić information content (AvgIpc) is 2.45. The molecule has 0 heterocycles. The molecule has 0 aliphatic heterocycles. The number of nitrogens with zero attached hydrogens (tertiary/aromatic N) is 1. The van der Waals surface area contributed by atoms with Gasteiger partial charge in [0.15, 0.2) is 0 Å². The van der Waals surface area contributed by atoms with Gasteiger partial charge in [-0.2, -0.15) is 5.26 Å². The highest BCUT2D eigenvalue weighted by molar-refractivity contribution is 7.54. The lowest BCUT2D eigenvalue weighted by molar-refractivity contribution is 0.207. The maximum Gasteiger partial charge on any atom is 0.348 e. The van der Waals surface area contributed by atoms with Crippen molar-refractivity contribution in [3.8, 4) is 6.07 Å². The molecule has 0 unspecified atom stereocenters. The third-order valence-electron chi connectivity index (χ3n) is 2.67. The van der Waals surface area contributed by atoms with Crippen molar-refractivity contribution < 1.29 is 13.6 Å². The van der Waals surface area contributed by atoms with E-state index in [4.69, 9.17) is 14.3 Å². The van der Waals surface area contributed by atoms with Gasteiger partial charge in [-0.25, -0.2) is 0 Å². The molecule has 6 heteroatoms. The van der Waals surface area contributed by atoms with Crippen LogP contribution in [-0.2, 0) is 20.2 Å². The van der Waals surface area contributed by atoms with E-state index in [-0.39, 0.29) is 19.6 Å². The molecule has 0 saturated carbocycles. The van der Waals surface area contributed by atoms with Crippen LogP contribution in [0, 0.1) is 11.3 Å². The van der Waals surface area contributed by atoms with E-state index in [9.17, 15) is 4.57 Å². The molecule has 1 N–H and O–H groups in total. The highest BCUT2D eigenvalue weighted by Crippen LogP contribution is 2.53. The number of nitrogens with one attached hydrogen (secondary N) is 1. The van der Waals surface area contributed by atoms with Crippen molar-refractivity contribution in [2.45, 2.75) is 32.6 Å². The minimum absolute atomic E-state index is 0.0735. The topological polar surface area (TPSA) is 71.3 Å². The minimum Gasteiger partial charge on any atom is -0.308 e. The van der Waals surface area contributed by atoms with E-state index in [1.807, 2.05) is 36.4 Å². The van der Waals surface area contributed by atoms with Gasteiger partial charge in [0.05, 0.1) is 25.7 Å². The molecule has 1 atom stereocenters. The van der Waals surface area contributed by atoms with E-state index in [1.54, 1.807) is 13.8 Å². The first kappa shape index (κ1) is 16.9. The largest absolute Gasteiger partial charge is 0.348 e. The summed E-state index contributed by atoms with van der Waals surface area (Å²) in [5, 5.41) is 12.0. The molecule has 0 saturated heterocycles. The van der Waals surface area contributed by atoms with E-state index in [2.05, 4.69) is 5.32 Å². The lowest BCUT2D eigenvalue weighted by atomic mass is 10.2. The normalized spacial score (nSPS) is 12.8. The smallest absolute Gasteiger partial charge is 0.308 e. The first-order valence-electron chi connectivity index (χ1n) is 6.69. The Hall–Kier alpha value is -1.18. The molecule has 5 nitrogen and oxygen atoms in total. The molecule has 0 aliphatic rings. The van der Waals surface area contributed by atoms with Crippen LogP contribution in [0.3, 0.4) is 0 Å². The van der Waals surface area contributed by atoms with Crippen molar-refractivity contribution in [1.29, 1.82) is 5.26 Å². The van der Waals surface area contributed by atoms with Crippen LogP contribution in [0.25, 0.3) is 0 Å². The molecule has 0 amide bonds. The molecule has 0 aliphatic carbocycles. The predicted octanol–water partition coefficient (Wildman–Crippen LogP) is 3.28. The number of nitriles is 1. The molecule has 0 spiro atoms. The molecule has 0 bridgehead atoms. The summed E-state index contributed by atoms with van der Waals surface area (Å²) in [6.07, 6.45) is 0.0735. The van der Waals surface area contributed by atoms with Gasteiger partial charge in [0.25, 0.3) is 0 Å². The third-order valence-corrected chi connectivity index (χ3v) is 5.03. The van der Waals surface area contributed by atoms with E-state index in [0.29, 0.717) is 6.54 Å². The summed E-state index contributed by atoms with van der Waals surface area (Å²) in [6.45, 7) is 4.59. The van der Waals surface area contributed by atoms with Gasteiger partial charge in [0.1, 0.15) is 5.78 Å². The Kier molecular flexibility index (Phi) is 7.50. The van der Waals surface area contributed by atoms with Gasteiger partial charge in [0.2, 0.25) is 0 Å². The number of benzene rings is 1. The SMILES string of the molecule is CCOP(=O)(OCC)[C@@H](CC#N)NCc1ccccc1. The van der Waals surface area contributed by atoms with Crippen LogP contribution in [-0.4, -0.2) is 19.0 Å². The van der Waals surface area contributed by atoms with Crippen molar-refractivity contribution in [3.63, 3.8) is 0 Å². The molecular formula is C14H21N2O3P. The van der Waals surface area contributed by atoms with Crippen molar-refractivity contribution in [2.75, 3.05) is 13.2 Å². The quantitative estimate of drug-likeness (QED) is 0.708. The van der Waals surface area contributed by atoms with Gasteiger partial charge >= 0.3 is 7.60 Å². The Morgan fingerprint density at radius 3 is 2.35 bits per heavy atom. The molecule has 0 radical (unpaired) electrons. The Labute approximate surface area is 120 Å². The monoisotopic (exact) mass is 296 g/mol. The first-order chi connectivity index (χ1) is 9.66. The second-order valence-corrected chi connectivity index (χ2v) is 6.34. The summed E-state index contributed by atoms with van der Waals surface area (Å²) in [5.74, 6) is -0.618. The fourth-order valence-corrected chi connectivity index (χ4v) is 3.57. The lowest BCUT2D eigenvalue weighted by Crippen LogP contribution is -2.30. The first-order valence-corrected chi connectivity index (χ1v) is 8.30. The molecule has 1 aromatic rings. The van der Waals surface area contributed by atoms with E-state index >= 15 is 0 Å². The van der Waals surface area contributed by atoms with Gasteiger partial charge in [-0.05, 0) is 19.4 Å². The average molecular weight is 296 g/mol. The fraction of sp³-hybridized carbons (Fsp3) is 0.500. The molecular weight excluding hydrogens is 275 g/mol. The molecule has 1 rings (SSSR count). The van der Waals surface area contributed by atoms with E-state index in [0.717, 1.165) is 5.56 Å². The Bertz CT molecular complexity index is 463. The molecule has 110 valence electrons. The summed E-state index contributed by atoms with van der Waals surface area (Å²) < 4.78 is 23.3. The zero-order valence-electron chi connectivity index (χ0n) is 11.9. The van der Waals surface area contributed by atoms with Gasteiger partial charge in [0, 0.05) is 6.54 Å². The van der Waals surface area contributed by atoms with E-state index < -0.39 is 13.4 Å². The van der Waals surface area contributed by atoms with Crippen LogP contribution in [0.15, 0.2) is 30.3 Å². The summed E-state index contributed by atoms with van der Waals surface area (Å²) in [7, 11) is -3.32. The van der Waals surface area contributed by atoms with Crippen LogP contribution in [0.5, 0.6) is 0 Å². The van der Waals surface area contributed by atoms with E-state index in [1.165, 1.54) is 0 Å². The second kappa shape index (κ2) is 8.89. The Balaban J connectivity index is 2.76. The highest BCUT2D eigenvalue weighted by atomic mass is 31.2. The van der Waals surface area contributed by atoms with Crippen LogP contribution in [0.4, 0.5) is 0 Å². The van der Waals surface area contributed by atoms with Crippen LogP contribution in [0.2, 0.25) is 0 Å². The maximum absolute atomic E-state index is 12.7. The predicted molar refractivity (Wildman–Crippen MR) is 78.2 cm³/mol. The third kappa shape index (κ3) is 5.07. The summed E-state index contributed by atoms with van der Waals surface area (Å²) in [6, 6.07) is 11.7. The summed E-state index contributed by atoms with van der Waals surface area (Å²) in [5.41, 5.74) is 1.05. The van der Waals surface area contributed by atoms with Crippen molar-refractivity contribution in [3.05, 3.63) is 35.9 Å². The second-order valence-electron chi connectivity index (χ2n) is 4.12. The van der Waals surface area contributed by atoms with Gasteiger partial charge in [-0.3, -0.25) is 9.88 Å². The fourth-order valence-electron chi connectivity index (χ4n) is 1.79. The van der Waals surface area contributed by atoms with Gasteiger partial charge in [-0.1, -0.05) is 30.3 Å². The number of hydrogen-bond acceptors (Lipinski definition) is 5. The Morgan fingerprint density at radius 2 is 1.85 bits per heavy atom. The standard InChI is InChI=1S/C14H21N2O3P/c1-3-18-20(17,19-4-2)14(10-11-15)16-12-13-8-6-5-7-9-13/h5-9,14,16H,3-4,10,12H2,1-2H3/t14-/m0/s1. The molecule has 1 aromatic carbocycles. The molecule has 0 fully saturated rings. The Morgan fingerprint density at radius 1 is 1.25 bits per heavy atom. The zero-order chi connectivity index (χ0) is 14.8. The van der Waals surface area contributed by atoms with Crippen molar-refractivity contribution >= 4 is 7.60 Å². The molecule has 20 heavy (non-hydrogen) atoms. The van der Waals surface area contributed by atoms with Gasteiger partial charge in [-0.15, -0.1) is 0 Å². The summed E-state index contributed by atoms with van der Waals surface area (Å²) in [4.78, 5) is 0. The minimum atomic E-state index is -3.32. The maximum atomic E-state index is 12.7. The van der Waals surface area contributed by atoms with Crippen LogP contribution >= 0.6 is 7.60 Å². The van der Waals surface area contributed by atoms with Crippen LogP contribution in [0.1, 0.15) is 25.8 Å². The number of hydrogen-bond donors (Lipinski definition) is 1. The van der Waals surface area contributed by atoms with Crippen molar-refractivity contribution in [1.82, 2.24) is 5.32 Å². The summed E-state index contributed by atoms with van der Waals surface area (Å²) >= 11 is 0. The molecule has 0 aromatic heterocycles. The van der Waals surface area contributed by atoms with Crippen LogP contribution < -0.4 is 5.32 Å². The highest BCUT2D eigenvalue weighted by Gasteiger charge is 2.35. The number of rotatable bonds is 9.